The molecule has 0 aliphatic heterocycles. The Kier molecular flexibility index (Phi) is 2.30. The van der Waals surface area contributed by atoms with Crippen LogP contribution in [0.2, 0.25) is 0 Å². The molecule has 0 amide bonds. The maximum Gasteiger partial charge on any atom is 0.270 e. The molecule has 1 fully saturated rings. The molecule has 1 N–H and O–H groups in total. The van der Waals surface area contributed by atoms with E-state index < -0.39 is 5.92 Å². The first-order valence-corrected chi connectivity index (χ1v) is 5.08. The predicted octanol–water partition coefficient (Wildman–Crippen LogP) is 2.82. The Morgan fingerprint density at radius 1 is 1.40 bits per heavy atom. The van der Waals surface area contributed by atoms with Crippen LogP contribution in [-0.2, 0) is 11.3 Å². The van der Waals surface area contributed by atoms with Crippen LogP contribution in [0.1, 0.15) is 30.9 Å². The van der Waals surface area contributed by atoms with Crippen LogP contribution >= 0.6 is 0 Å². The van der Waals surface area contributed by atoms with E-state index in [2.05, 4.69) is 0 Å². The molecule has 1 aromatic carbocycles. The van der Waals surface area contributed by atoms with Gasteiger partial charge < -0.3 is 5.11 Å². The predicted molar refractivity (Wildman–Crippen MR) is 54.0 cm³/mol. The highest BCUT2D eigenvalue weighted by molar-refractivity contribution is 5.36. The number of benzene rings is 1. The number of rotatable bonds is 3. The van der Waals surface area contributed by atoms with Crippen molar-refractivity contribution in [2.24, 2.45) is 0 Å². The van der Waals surface area contributed by atoms with E-state index in [1.165, 1.54) is 12.1 Å². The third-order valence-corrected chi connectivity index (χ3v) is 3.14. The molecular weight excluding hydrogens is 198 g/mol. The van der Waals surface area contributed by atoms with Crippen molar-refractivity contribution < 1.29 is 13.9 Å². The Hall–Kier alpha value is -0.960. The molecule has 1 aliphatic carbocycles. The van der Waals surface area contributed by atoms with Gasteiger partial charge in [-0.05, 0) is 24.5 Å². The highest BCUT2D eigenvalue weighted by Crippen LogP contribution is 2.48. The zero-order valence-electron chi connectivity index (χ0n) is 8.63. The zero-order valence-corrected chi connectivity index (χ0v) is 8.63. The molecule has 0 aromatic heterocycles. The smallest absolute Gasteiger partial charge is 0.270 e. The van der Waals surface area contributed by atoms with Crippen LogP contribution in [0.3, 0.4) is 0 Å². The van der Waals surface area contributed by atoms with E-state index in [4.69, 9.17) is 0 Å². The summed E-state index contributed by atoms with van der Waals surface area (Å²) in [6.45, 7) is 0.941. The average Bonchev–Trinajstić information content (AvgIpc) is 2.97. The molecule has 3 heteroatoms. The lowest BCUT2D eigenvalue weighted by atomic mass is 9.94. The number of hydrogen-bond donors (Lipinski definition) is 1. The summed E-state index contributed by atoms with van der Waals surface area (Å²) in [5, 5.41) is 9.22. The molecule has 0 unspecified atom stereocenters. The lowest BCUT2D eigenvalue weighted by Gasteiger charge is -2.16. The van der Waals surface area contributed by atoms with E-state index in [-0.39, 0.29) is 17.6 Å². The van der Waals surface area contributed by atoms with Crippen molar-refractivity contribution in [3.05, 3.63) is 35.4 Å². The summed E-state index contributed by atoms with van der Waals surface area (Å²) >= 11 is 0. The Balaban J connectivity index is 2.35. The third kappa shape index (κ3) is 1.88. The molecule has 82 valence electrons. The highest BCUT2D eigenvalue weighted by Gasteiger charge is 2.44. The van der Waals surface area contributed by atoms with E-state index >= 15 is 0 Å². The quantitative estimate of drug-likeness (QED) is 0.816. The van der Waals surface area contributed by atoms with Crippen LogP contribution in [0.5, 0.6) is 0 Å². The van der Waals surface area contributed by atoms with Gasteiger partial charge in [-0.15, -0.1) is 0 Å². The molecule has 0 bridgehead atoms. The molecule has 0 heterocycles. The first-order chi connectivity index (χ1) is 6.98. The van der Waals surface area contributed by atoms with E-state index in [0.717, 1.165) is 25.3 Å². The zero-order chi connectivity index (χ0) is 11.1. The SMILES string of the molecule is CC(F)(F)c1cccc(C2(CO)CC2)c1. The second-order valence-corrected chi connectivity index (χ2v) is 4.41. The summed E-state index contributed by atoms with van der Waals surface area (Å²) in [6, 6.07) is 6.40. The van der Waals surface area contributed by atoms with Crippen LogP contribution in [0.15, 0.2) is 24.3 Å². The van der Waals surface area contributed by atoms with Gasteiger partial charge in [-0.25, -0.2) is 8.78 Å². The van der Waals surface area contributed by atoms with Gasteiger partial charge in [0.05, 0.1) is 6.61 Å². The molecule has 0 saturated heterocycles. The van der Waals surface area contributed by atoms with Crippen molar-refractivity contribution in [2.45, 2.75) is 31.1 Å². The average molecular weight is 212 g/mol. The summed E-state index contributed by atoms with van der Waals surface area (Å²) in [5.41, 5.74) is 0.630. The second-order valence-electron chi connectivity index (χ2n) is 4.41. The summed E-state index contributed by atoms with van der Waals surface area (Å²) < 4.78 is 26.2. The van der Waals surface area contributed by atoms with Gasteiger partial charge in [0.1, 0.15) is 0 Å². The van der Waals surface area contributed by atoms with Gasteiger partial charge in [0.15, 0.2) is 0 Å². The van der Waals surface area contributed by atoms with E-state index in [1.54, 1.807) is 6.07 Å². The molecule has 1 nitrogen and oxygen atoms in total. The van der Waals surface area contributed by atoms with Crippen LogP contribution in [0.4, 0.5) is 8.78 Å². The minimum Gasteiger partial charge on any atom is -0.395 e. The third-order valence-electron chi connectivity index (χ3n) is 3.14. The van der Waals surface area contributed by atoms with Gasteiger partial charge in [0.25, 0.3) is 5.92 Å². The van der Waals surface area contributed by atoms with Crippen molar-refractivity contribution in [3.8, 4) is 0 Å². The van der Waals surface area contributed by atoms with Crippen molar-refractivity contribution >= 4 is 0 Å². The maximum atomic E-state index is 13.1. The normalized spacial score (nSPS) is 18.9. The fourth-order valence-corrected chi connectivity index (χ4v) is 1.81. The van der Waals surface area contributed by atoms with Crippen LogP contribution in [-0.4, -0.2) is 11.7 Å². The first kappa shape index (κ1) is 10.6. The van der Waals surface area contributed by atoms with Gasteiger partial charge in [0, 0.05) is 17.9 Å². The fourth-order valence-electron chi connectivity index (χ4n) is 1.81. The maximum absolute atomic E-state index is 13.1. The number of hydrogen-bond acceptors (Lipinski definition) is 1. The Bertz CT molecular complexity index is 364. The number of aliphatic hydroxyl groups is 1. The summed E-state index contributed by atoms with van der Waals surface area (Å²) in [6.07, 6.45) is 1.78. The monoisotopic (exact) mass is 212 g/mol. The molecule has 0 radical (unpaired) electrons. The van der Waals surface area contributed by atoms with Crippen molar-refractivity contribution in [1.29, 1.82) is 0 Å². The Morgan fingerprint density at radius 3 is 2.53 bits per heavy atom. The molecule has 15 heavy (non-hydrogen) atoms. The topological polar surface area (TPSA) is 20.2 Å². The number of halogens is 2. The van der Waals surface area contributed by atoms with Crippen LogP contribution in [0, 0.1) is 0 Å². The van der Waals surface area contributed by atoms with E-state index in [1.807, 2.05) is 6.07 Å². The van der Waals surface area contributed by atoms with Crippen molar-refractivity contribution in [3.63, 3.8) is 0 Å². The van der Waals surface area contributed by atoms with E-state index in [0.29, 0.717) is 0 Å². The van der Waals surface area contributed by atoms with E-state index in [9.17, 15) is 13.9 Å². The first-order valence-electron chi connectivity index (χ1n) is 5.08. The highest BCUT2D eigenvalue weighted by atomic mass is 19.3. The minimum atomic E-state index is -2.80. The Morgan fingerprint density at radius 2 is 2.07 bits per heavy atom. The molecule has 1 aromatic rings. The van der Waals surface area contributed by atoms with Gasteiger partial charge in [-0.2, -0.15) is 0 Å². The van der Waals surface area contributed by atoms with Gasteiger partial charge >= 0.3 is 0 Å². The summed E-state index contributed by atoms with van der Waals surface area (Å²) in [7, 11) is 0. The van der Waals surface area contributed by atoms with Crippen molar-refractivity contribution in [1.82, 2.24) is 0 Å². The van der Waals surface area contributed by atoms with Crippen molar-refractivity contribution in [2.75, 3.05) is 6.61 Å². The lowest BCUT2D eigenvalue weighted by molar-refractivity contribution is 0.0173. The molecule has 1 saturated carbocycles. The molecule has 2 rings (SSSR count). The van der Waals surface area contributed by atoms with Gasteiger partial charge in [-0.1, -0.05) is 18.2 Å². The lowest BCUT2D eigenvalue weighted by Crippen LogP contribution is -2.14. The molecule has 1 aliphatic rings. The van der Waals surface area contributed by atoms with Crippen LogP contribution < -0.4 is 0 Å². The van der Waals surface area contributed by atoms with Gasteiger partial charge in [-0.3, -0.25) is 0 Å². The molecule has 0 atom stereocenters. The largest absolute Gasteiger partial charge is 0.395 e. The number of aliphatic hydroxyl groups excluding tert-OH is 1. The summed E-state index contributed by atoms with van der Waals surface area (Å²) in [5.74, 6) is -2.80. The fraction of sp³-hybridized carbons (Fsp3) is 0.500. The molecular formula is C12H14F2O. The minimum absolute atomic E-state index is 0.0275. The van der Waals surface area contributed by atoms with Gasteiger partial charge in [0.2, 0.25) is 0 Å². The van der Waals surface area contributed by atoms with Crippen LogP contribution in [0.25, 0.3) is 0 Å². The number of alkyl halides is 2. The Labute approximate surface area is 87.7 Å². The second kappa shape index (κ2) is 3.27. The summed E-state index contributed by atoms with van der Waals surface area (Å²) in [4.78, 5) is 0. The molecule has 0 spiro atoms. The standard InChI is InChI=1S/C12H14F2O/c1-11(13,14)9-3-2-4-10(7-9)12(8-15)5-6-12/h2-4,7,15H,5-6,8H2,1H3.